The summed E-state index contributed by atoms with van der Waals surface area (Å²) in [5, 5.41) is 3.80. The first-order chi connectivity index (χ1) is 9.24. The lowest BCUT2D eigenvalue weighted by Gasteiger charge is -2.02. The highest BCUT2D eigenvalue weighted by atomic mass is 16.5. The summed E-state index contributed by atoms with van der Waals surface area (Å²) < 4.78 is 10.1. The van der Waals surface area contributed by atoms with Gasteiger partial charge in [-0.3, -0.25) is 4.79 Å². The standard InChI is InChI=1S/C14H18N2O3/c1-18-7-3-6-15-14(17)13-9-10-8-11(19-2)4-5-12(10)16-13/h4-5,8-9,16H,3,6-7H2,1-2H3,(H,15,17). The van der Waals surface area contributed by atoms with Gasteiger partial charge in [-0.25, -0.2) is 0 Å². The van der Waals surface area contributed by atoms with Crippen molar-refractivity contribution in [1.29, 1.82) is 0 Å². The average molecular weight is 262 g/mol. The molecule has 5 nitrogen and oxygen atoms in total. The smallest absolute Gasteiger partial charge is 0.267 e. The molecule has 0 aliphatic carbocycles. The van der Waals surface area contributed by atoms with Crippen LogP contribution in [-0.4, -0.2) is 38.3 Å². The van der Waals surface area contributed by atoms with E-state index in [-0.39, 0.29) is 5.91 Å². The molecule has 1 aromatic carbocycles. The third kappa shape index (κ3) is 3.26. The molecule has 0 radical (unpaired) electrons. The number of carbonyl (C=O) groups excluding carboxylic acids is 1. The van der Waals surface area contributed by atoms with Crippen molar-refractivity contribution in [3.63, 3.8) is 0 Å². The summed E-state index contributed by atoms with van der Waals surface area (Å²) in [6.07, 6.45) is 0.802. The Morgan fingerprint density at radius 1 is 1.32 bits per heavy atom. The third-order valence-corrected chi connectivity index (χ3v) is 2.88. The highest BCUT2D eigenvalue weighted by Crippen LogP contribution is 2.21. The molecule has 1 amide bonds. The van der Waals surface area contributed by atoms with Gasteiger partial charge >= 0.3 is 0 Å². The van der Waals surface area contributed by atoms with Crippen LogP contribution in [0.4, 0.5) is 0 Å². The number of amides is 1. The van der Waals surface area contributed by atoms with E-state index in [4.69, 9.17) is 9.47 Å². The van der Waals surface area contributed by atoms with Crippen LogP contribution in [0.1, 0.15) is 16.9 Å². The van der Waals surface area contributed by atoms with Crippen LogP contribution in [0.25, 0.3) is 10.9 Å². The lowest BCUT2D eigenvalue weighted by atomic mass is 10.2. The molecule has 2 rings (SSSR count). The van der Waals surface area contributed by atoms with Gasteiger partial charge in [-0.15, -0.1) is 0 Å². The largest absolute Gasteiger partial charge is 0.497 e. The first kappa shape index (κ1) is 13.4. The molecule has 0 fully saturated rings. The molecule has 19 heavy (non-hydrogen) atoms. The second-order valence-electron chi connectivity index (χ2n) is 4.24. The Morgan fingerprint density at radius 2 is 2.16 bits per heavy atom. The van der Waals surface area contributed by atoms with Gasteiger partial charge in [0.25, 0.3) is 5.91 Å². The van der Waals surface area contributed by atoms with Gasteiger partial charge in [0.15, 0.2) is 0 Å². The Kier molecular flexibility index (Phi) is 4.41. The number of aromatic nitrogens is 1. The van der Waals surface area contributed by atoms with E-state index in [9.17, 15) is 4.79 Å². The van der Waals surface area contributed by atoms with Crippen molar-refractivity contribution in [1.82, 2.24) is 10.3 Å². The maximum atomic E-state index is 11.9. The van der Waals surface area contributed by atoms with E-state index in [1.54, 1.807) is 14.2 Å². The fourth-order valence-electron chi connectivity index (χ4n) is 1.87. The van der Waals surface area contributed by atoms with Crippen molar-refractivity contribution in [3.05, 3.63) is 30.0 Å². The van der Waals surface area contributed by atoms with Crippen LogP contribution in [0, 0.1) is 0 Å². The Morgan fingerprint density at radius 3 is 2.89 bits per heavy atom. The summed E-state index contributed by atoms with van der Waals surface area (Å²) in [7, 11) is 3.27. The number of carbonyl (C=O) groups is 1. The van der Waals surface area contributed by atoms with Crippen LogP contribution < -0.4 is 10.1 Å². The zero-order chi connectivity index (χ0) is 13.7. The minimum atomic E-state index is -0.105. The van der Waals surface area contributed by atoms with Crippen LogP contribution >= 0.6 is 0 Å². The summed E-state index contributed by atoms with van der Waals surface area (Å²) in [5.41, 5.74) is 1.48. The molecule has 1 aromatic heterocycles. The fraction of sp³-hybridized carbons (Fsp3) is 0.357. The summed E-state index contributed by atoms with van der Waals surface area (Å²) in [6, 6.07) is 7.48. The molecule has 0 saturated heterocycles. The van der Waals surface area contributed by atoms with Gasteiger partial charge < -0.3 is 19.8 Å². The van der Waals surface area contributed by atoms with E-state index in [0.717, 1.165) is 23.1 Å². The van der Waals surface area contributed by atoms with E-state index in [1.807, 2.05) is 24.3 Å². The topological polar surface area (TPSA) is 63.4 Å². The number of benzene rings is 1. The average Bonchev–Trinajstić information content (AvgIpc) is 2.86. The maximum absolute atomic E-state index is 11.9. The normalized spacial score (nSPS) is 10.6. The number of aromatic amines is 1. The Bertz CT molecular complexity index is 563. The van der Waals surface area contributed by atoms with Gasteiger partial charge in [-0.2, -0.15) is 0 Å². The van der Waals surface area contributed by atoms with Crippen molar-refractivity contribution >= 4 is 16.8 Å². The lowest BCUT2D eigenvalue weighted by Crippen LogP contribution is -2.25. The summed E-state index contributed by atoms with van der Waals surface area (Å²) in [4.78, 5) is 15.0. The summed E-state index contributed by atoms with van der Waals surface area (Å²) in [5.74, 6) is 0.671. The summed E-state index contributed by atoms with van der Waals surface area (Å²) in [6.45, 7) is 1.25. The van der Waals surface area contributed by atoms with E-state index in [0.29, 0.717) is 18.8 Å². The minimum Gasteiger partial charge on any atom is -0.497 e. The lowest BCUT2D eigenvalue weighted by molar-refractivity contribution is 0.0944. The predicted octanol–water partition coefficient (Wildman–Crippen LogP) is 1.94. The number of hydrogen-bond donors (Lipinski definition) is 2. The molecule has 5 heteroatoms. The molecule has 2 N–H and O–H groups in total. The van der Waals surface area contributed by atoms with Gasteiger partial charge in [-0.05, 0) is 30.7 Å². The van der Waals surface area contributed by atoms with Crippen LogP contribution in [0.5, 0.6) is 5.75 Å². The molecule has 0 aliphatic heterocycles. The van der Waals surface area contributed by atoms with Crippen molar-refractivity contribution in [2.75, 3.05) is 27.4 Å². The van der Waals surface area contributed by atoms with E-state index in [2.05, 4.69) is 10.3 Å². The monoisotopic (exact) mass is 262 g/mol. The fourth-order valence-corrected chi connectivity index (χ4v) is 1.87. The molecule has 0 spiro atoms. The minimum absolute atomic E-state index is 0.105. The highest BCUT2D eigenvalue weighted by Gasteiger charge is 2.09. The number of methoxy groups -OCH3 is 2. The molecule has 2 aromatic rings. The molecule has 1 heterocycles. The zero-order valence-electron chi connectivity index (χ0n) is 11.2. The molecule has 102 valence electrons. The Hall–Kier alpha value is -2.01. The van der Waals surface area contributed by atoms with Crippen molar-refractivity contribution < 1.29 is 14.3 Å². The zero-order valence-corrected chi connectivity index (χ0v) is 11.2. The first-order valence-electron chi connectivity index (χ1n) is 6.18. The molecular formula is C14H18N2O3. The van der Waals surface area contributed by atoms with Gasteiger partial charge in [0.1, 0.15) is 11.4 Å². The molecule has 0 bridgehead atoms. The van der Waals surface area contributed by atoms with Crippen LogP contribution in [0.15, 0.2) is 24.3 Å². The summed E-state index contributed by atoms with van der Waals surface area (Å²) >= 11 is 0. The van der Waals surface area contributed by atoms with Crippen molar-refractivity contribution in [3.8, 4) is 5.75 Å². The van der Waals surface area contributed by atoms with Crippen LogP contribution in [0.2, 0.25) is 0 Å². The predicted molar refractivity (Wildman–Crippen MR) is 73.7 cm³/mol. The van der Waals surface area contributed by atoms with Crippen LogP contribution in [0.3, 0.4) is 0 Å². The van der Waals surface area contributed by atoms with E-state index < -0.39 is 0 Å². The van der Waals surface area contributed by atoms with Crippen molar-refractivity contribution in [2.45, 2.75) is 6.42 Å². The Balaban J connectivity index is 2.05. The van der Waals surface area contributed by atoms with Gasteiger partial charge in [-0.1, -0.05) is 0 Å². The molecule has 0 aliphatic rings. The number of ether oxygens (including phenoxy) is 2. The highest BCUT2D eigenvalue weighted by molar-refractivity contribution is 5.98. The molecule has 0 saturated carbocycles. The van der Waals surface area contributed by atoms with Crippen LogP contribution in [-0.2, 0) is 4.74 Å². The molecule has 0 atom stereocenters. The van der Waals surface area contributed by atoms with Gasteiger partial charge in [0, 0.05) is 31.2 Å². The SMILES string of the molecule is COCCCNC(=O)c1cc2cc(OC)ccc2[nH]1. The number of hydrogen-bond acceptors (Lipinski definition) is 3. The Labute approximate surface area is 111 Å². The number of H-pyrrole nitrogens is 1. The quantitative estimate of drug-likeness (QED) is 0.782. The number of rotatable bonds is 6. The number of fused-ring (bicyclic) bond motifs is 1. The maximum Gasteiger partial charge on any atom is 0.267 e. The second-order valence-corrected chi connectivity index (χ2v) is 4.24. The van der Waals surface area contributed by atoms with Gasteiger partial charge in [0.05, 0.1) is 7.11 Å². The third-order valence-electron chi connectivity index (χ3n) is 2.88. The first-order valence-corrected chi connectivity index (χ1v) is 6.18. The van der Waals surface area contributed by atoms with E-state index in [1.165, 1.54) is 0 Å². The molecular weight excluding hydrogens is 244 g/mol. The van der Waals surface area contributed by atoms with Crippen molar-refractivity contribution in [2.24, 2.45) is 0 Å². The molecule has 0 unspecified atom stereocenters. The number of nitrogens with one attached hydrogen (secondary N) is 2. The second kappa shape index (κ2) is 6.24. The van der Waals surface area contributed by atoms with E-state index >= 15 is 0 Å². The van der Waals surface area contributed by atoms with Gasteiger partial charge in [0.2, 0.25) is 0 Å².